The molecule has 0 unspecified atom stereocenters. The summed E-state index contributed by atoms with van der Waals surface area (Å²) in [6.45, 7) is 1.95. The third kappa shape index (κ3) is 2.01. The number of carbonyl (C=O) groups is 1. The Morgan fingerprint density at radius 3 is 2.79 bits per heavy atom. The standard InChI is InChI=1S/C15H13N3O/c1-10-3-4-11-9-12(5-6-13(11)17-10)14(19)15-16-7-8-18(15)2/h3-9H,1-2H3. The van der Waals surface area contributed by atoms with E-state index in [-0.39, 0.29) is 5.78 Å². The molecule has 2 aromatic heterocycles. The largest absolute Gasteiger partial charge is 0.331 e. The first-order valence-corrected chi connectivity index (χ1v) is 6.04. The van der Waals surface area contributed by atoms with Crippen molar-refractivity contribution in [1.82, 2.24) is 14.5 Å². The average Bonchev–Trinajstić information content (AvgIpc) is 2.83. The average molecular weight is 251 g/mol. The summed E-state index contributed by atoms with van der Waals surface area (Å²) in [5.41, 5.74) is 2.50. The summed E-state index contributed by atoms with van der Waals surface area (Å²) in [4.78, 5) is 20.8. The number of nitrogens with zero attached hydrogens (tertiary/aromatic N) is 3. The lowest BCUT2D eigenvalue weighted by molar-refractivity contribution is 0.102. The van der Waals surface area contributed by atoms with Crippen molar-refractivity contribution in [3.05, 3.63) is 59.8 Å². The van der Waals surface area contributed by atoms with Gasteiger partial charge in [0, 0.05) is 36.1 Å². The van der Waals surface area contributed by atoms with Crippen molar-refractivity contribution in [2.24, 2.45) is 7.05 Å². The highest BCUT2D eigenvalue weighted by molar-refractivity contribution is 6.08. The molecular formula is C15H13N3O. The van der Waals surface area contributed by atoms with Gasteiger partial charge in [0.25, 0.3) is 0 Å². The summed E-state index contributed by atoms with van der Waals surface area (Å²) in [6.07, 6.45) is 3.39. The number of hydrogen-bond donors (Lipinski definition) is 0. The molecule has 0 amide bonds. The van der Waals surface area contributed by atoms with Gasteiger partial charge in [-0.15, -0.1) is 0 Å². The summed E-state index contributed by atoms with van der Waals surface area (Å²) >= 11 is 0. The normalized spacial score (nSPS) is 10.8. The van der Waals surface area contributed by atoms with Gasteiger partial charge in [0.05, 0.1) is 5.52 Å². The van der Waals surface area contributed by atoms with Crippen LogP contribution < -0.4 is 0 Å². The van der Waals surface area contributed by atoms with Crippen LogP contribution in [-0.2, 0) is 7.05 Å². The van der Waals surface area contributed by atoms with Crippen LogP contribution in [-0.4, -0.2) is 20.3 Å². The Morgan fingerprint density at radius 1 is 1.21 bits per heavy atom. The Balaban J connectivity index is 2.09. The first kappa shape index (κ1) is 11.6. The Morgan fingerprint density at radius 2 is 2.05 bits per heavy atom. The van der Waals surface area contributed by atoms with Crippen LogP contribution in [0.2, 0.25) is 0 Å². The maximum atomic E-state index is 12.3. The minimum atomic E-state index is -0.0741. The lowest BCUT2D eigenvalue weighted by Gasteiger charge is -2.04. The second-order valence-electron chi connectivity index (χ2n) is 4.55. The molecule has 0 aliphatic heterocycles. The molecule has 1 aromatic carbocycles. The van der Waals surface area contributed by atoms with Crippen molar-refractivity contribution in [3.63, 3.8) is 0 Å². The molecule has 0 N–H and O–H groups in total. The number of hydrogen-bond acceptors (Lipinski definition) is 3. The molecule has 2 heterocycles. The van der Waals surface area contributed by atoms with E-state index in [1.54, 1.807) is 23.0 Å². The summed E-state index contributed by atoms with van der Waals surface area (Å²) in [7, 11) is 1.81. The molecule has 0 spiro atoms. The molecule has 0 radical (unpaired) electrons. The molecule has 94 valence electrons. The van der Waals surface area contributed by atoms with Crippen molar-refractivity contribution in [2.45, 2.75) is 6.92 Å². The second-order valence-corrected chi connectivity index (χ2v) is 4.55. The Hall–Kier alpha value is -2.49. The number of carbonyl (C=O) groups excluding carboxylic acids is 1. The third-order valence-corrected chi connectivity index (χ3v) is 3.11. The maximum Gasteiger partial charge on any atom is 0.228 e. The number of aryl methyl sites for hydroxylation is 2. The van der Waals surface area contributed by atoms with Crippen molar-refractivity contribution in [3.8, 4) is 0 Å². The number of pyridine rings is 1. The van der Waals surface area contributed by atoms with Gasteiger partial charge in [-0.2, -0.15) is 0 Å². The van der Waals surface area contributed by atoms with E-state index < -0.39 is 0 Å². The van der Waals surface area contributed by atoms with Crippen LogP contribution in [0.3, 0.4) is 0 Å². The van der Waals surface area contributed by atoms with Gasteiger partial charge >= 0.3 is 0 Å². The first-order chi connectivity index (χ1) is 9.15. The van der Waals surface area contributed by atoms with Gasteiger partial charge in [-0.3, -0.25) is 9.78 Å². The fraction of sp³-hybridized carbons (Fsp3) is 0.133. The van der Waals surface area contributed by atoms with Gasteiger partial charge in [0.15, 0.2) is 5.82 Å². The minimum Gasteiger partial charge on any atom is -0.331 e. The highest BCUT2D eigenvalue weighted by Crippen LogP contribution is 2.16. The summed E-state index contributed by atoms with van der Waals surface area (Å²) in [5, 5.41) is 0.964. The number of imidazole rings is 1. The Bertz CT molecular complexity index is 774. The lowest BCUT2D eigenvalue weighted by atomic mass is 10.1. The molecule has 0 fully saturated rings. The number of aromatic nitrogens is 3. The molecule has 0 saturated heterocycles. The minimum absolute atomic E-state index is 0.0741. The molecular weight excluding hydrogens is 238 g/mol. The van der Waals surface area contributed by atoms with Crippen LogP contribution in [0.5, 0.6) is 0 Å². The molecule has 0 aliphatic carbocycles. The van der Waals surface area contributed by atoms with Gasteiger partial charge in [-0.05, 0) is 31.2 Å². The van der Waals surface area contributed by atoms with E-state index in [2.05, 4.69) is 9.97 Å². The number of rotatable bonds is 2. The van der Waals surface area contributed by atoms with E-state index in [9.17, 15) is 4.79 Å². The molecule has 0 aliphatic rings. The molecule has 0 atom stereocenters. The number of fused-ring (bicyclic) bond motifs is 1. The van der Waals surface area contributed by atoms with E-state index in [1.165, 1.54) is 0 Å². The second kappa shape index (κ2) is 4.31. The molecule has 4 nitrogen and oxygen atoms in total. The fourth-order valence-corrected chi connectivity index (χ4v) is 2.08. The first-order valence-electron chi connectivity index (χ1n) is 6.04. The Labute approximate surface area is 110 Å². The van der Waals surface area contributed by atoms with E-state index in [0.29, 0.717) is 11.4 Å². The lowest BCUT2D eigenvalue weighted by Crippen LogP contribution is -2.08. The van der Waals surface area contributed by atoms with E-state index >= 15 is 0 Å². The predicted octanol–water partition coefficient (Wildman–Crippen LogP) is 2.51. The summed E-state index contributed by atoms with van der Waals surface area (Å²) in [5.74, 6) is 0.370. The van der Waals surface area contributed by atoms with E-state index in [1.807, 2.05) is 38.2 Å². The van der Waals surface area contributed by atoms with Crippen molar-refractivity contribution in [2.75, 3.05) is 0 Å². The van der Waals surface area contributed by atoms with Crippen molar-refractivity contribution < 1.29 is 4.79 Å². The highest BCUT2D eigenvalue weighted by Gasteiger charge is 2.14. The topological polar surface area (TPSA) is 47.8 Å². The maximum absolute atomic E-state index is 12.3. The monoisotopic (exact) mass is 251 g/mol. The zero-order valence-corrected chi connectivity index (χ0v) is 10.8. The van der Waals surface area contributed by atoms with Crippen LogP contribution in [0, 0.1) is 6.92 Å². The van der Waals surface area contributed by atoms with Gasteiger partial charge in [0.2, 0.25) is 5.78 Å². The van der Waals surface area contributed by atoms with Crippen LogP contribution >= 0.6 is 0 Å². The fourth-order valence-electron chi connectivity index (χ4n) is 2.08. The molecule has 19 heavy (non-hydrogen) atoms. The number of ketones is 1. The molecule has 3 aromatic rings. The molecule has 4 heteroatoms. The Kier molecular flexibility index (Phi) is 2.63. The SMILES string of the molecule is Cc1ccc2cc(C(=O)c3nccn3C)ccc2n1. The molecule has 0 bridgehead atoms. The van der Waals surface area contributed by atoms with E-state index in [0.717, 1.165) is 16.6 Å². The number of benzene rings is 1. The highest BCUT2D eigenvalue weighted by atomic mass is 16.1. The van der Waals surface area contributed by atoms with E-state index in [4.69, 9.17) is 0 Å². The zero-order chi connectivity index (χ0) is 13.4. The predicted molar refractivity (Wildman–Crippen MR) is 73.1 cm³/mol. The van der Waals surface area contributed by atoms with Crippen LogP contribution in [0.15, 0.2) is 42.7 Å². The summed E-state index contributed by atoms with van der Waals surface area (Å²) < 4.78 is 1.72. The quantitative estimate of drug-likeness (QED) is 0.657. The molecule has 0 saturated carbocycles. The van der Waals surface area contributed by atoms with Gasteiger partial charge in [-0.1, -0.05) is 6.07 Å². The zero-order valence-electron chi connectivity index (χ0n) is 10.8. The van der Waals surface area contributed by atoms with Crippen LogP contribution in [0.1, 0.15) is 21.9 Å². The molecule has 3 rings (SSSR count). The van der Waals surface area contributed by atoms with Gasteiger partial charge in [-0.25, -0.2) is 4.98 Å². The van der Waals surface area contributed by atoms with Crippen LogP contribution in [0.4, 0.5) is 0 Å². The van der Waals surface area contributed by atoms with Crippen molar-refractivity contribution >= 4 is 16.7 Å². The van der Waals surface area contributed by atoms with Crippen molar-refractivity contribution in [1.29, 1.82) is 0 Å². The van der Waals surface area contributed by atoms with Gasteiger partial charge in [0.1, 0.15) is 0 Å². The van der Waals surface area contributed by atoms with Gasteiger partial charge < -0.3 is 4.57 Å². The summed E-state index contributed by atoms with van der Waals surface area (Å²) in [6, 6.07) is 9.45. The third-order valence-electron chi connectivity index (χ3n) is 3.11. The smallest absolute Gasteiger partial charge is 0.228 e. The van der Waals surface area contributed by atoms with Crippen LogP contribution in [0.25, 0.3) is 10.9 Å².